The van der Waals surface area contributed by atoms with Crippen LogP contribution in [-0.4, -0.2) is 6.61 Å². The lowest BCUT2D eigenvalue weighted by atomic mass is 10.7. The molecule has 8 heavy (non-hydrogen) atoms. The van der Waals surface area contributed by atoms with Gasteiger partial charge in [0, 0.05) is 6.20 Å². The lowest BCUT2D eigenvalue weighted by Crippen LogP contribution is -1.92. The molecule has 1 aliphatic heterocycles. The highest BCUT2D eigenvalue weighted by Gasteiger charge is 1.79. The summed E-state index contributed by atoms with van der Waals surface area (Å²) in [5, 5.41) is 1.95. The molecular formula is C5H7NOS. The van der Waals surface area contributed by atoms with Gasteiger partial charge in [-0.05, 0) is 23.4 Å². The van der Waals surface area contributed by atoms with Gasteiger partial charge in [-0.1, -0.05) is 0 Å². The molecule has 2 nitrogen and oxygen atoms in total. The van der Waals surface area contributed by atoms with Gasteiger partial charge in [0.1, 0.15) is 6.61 Å². The summed E-state index contributed by atoms with van der Waals surface area (Å²) in [4.78, 5) is 0. The van der Waals surface area contributed by atoms with Crippen LogP contribution in [0.3, 0.4) is 0 Å². The molecule has 0 aromatic rings. The minimum Gasteiger partial charge on any atom is -0.496 e. The second-order valence-electron chi connectivity index (χ2n) is 1.24. The minimum absolute atomic E-state index is 0.672. The van der Waals surface area contributed by atoms with E-state index in [1.807, 2.05) is 11.5 Å². The number of nitrogens with one attached hydrogen (secondary N) is 1. The van der Waals surface area contributed by atoms with E-state index in [0.717, 1.165) is 0 Å². The van der Waals surface area contributed by atoms with Gasteiger partial charge in [0.05, 0.1) is 6.26 Å². The fourth-order valence-corrected chi connectivity index (χ4v) is 0.740. The predicted octanol–water partition coefficient (Wildman–Crippen LogP) is 1.24. The summed E-state index contributed by atoms with van der Waals surface area (Å²) in [6.07, 6.45) is 5.34. The first-order valence-electron chi connectivity index (χ1n) is 2.33. The molecule has 1 rings (SSSR count). The maximum absolute atomic E-state index is 4.93. The first-order chi connectivity index (χ1) is 4.00. The van der Waals surface area contributed by atoms with Gasteiger partial charge < -0.3 is 9.46 Å². The monoisotopic (exact) mass is 129 g/mol. The summed E-state index contributed by atoms with van der Waals surface area (Å²) in [5.41, 5.74) is 0. The zero-order valence-electron chi connectivity index (χ0n) is 4.33. The first-order valence-corrected chi connectivity index (χ1v) is 3.21. The maximum atomic E-state index is 4.93. The summed E-state index contributed by atoms with van der Waals surface area (Å²) in [7, 11) is 0. The van der Waals surface area contributed by atoms with Crippen molar-refractivity contribution in [2.24, 2.45) is 0 Å². The number of rotatable bonds is 0. The van der Waals surface area contributed by atoms with E-state index in [-0.39, 0.29) is 0 Å². The van der Waals surface area contributed by atoms with Crippen LogP contribution in [0.25, 0.3) is 0 Å². The van der Waals surface area contributed by atoms with E-state index in [1.54, 1.807) is 12.5 Å². The highest BCUT2D eigenvalue weighted by atomic mass is 32.2. The molecule has 0 unspecified atom stereocenters. The van der Waals surface area contributed by atoms with Gasteiger partial charge in [-0.25, -0.2) is 0 Å². The second-order valence-corrected chi connectivity index (χ2v) is 1.99. The second kappa shape index (κ2) is 3.43. The van der Waals surface area contributed by atoms with E-state index in [4.69, 9.17) is 4.74 Å². The molecule has 0 bridgehead atoms. The first kappa shape index (κ1) is 5.56. The third-order valence-electron chi connectivity index (χ3n) is 0.657. The summed E-state index contributed by atoms with van der Waals surface area (Å²) in [6, 6.07) is 0. The van der Waals surface area contributed by atoms with Crippen LogP contribution in [0.4, 0.5) is 0 Å². The van der Waals surface area contributed by atoms with Crippen molar-refractivity contribution in [2.45, 2.75) is 0 Å². The molecule has 0 saturated carbocycles. The number of hydrogen-bond acceptors (Lipinski definition) is 3. The van der Waals surface area contributed by atoms with E-state index >= 15 is 0 Å². The fourth-order valence-electron chi connectivity index (χ4n) is 0.353. The lowest BCUT2D eigenvalue weighted by molar-refractivity contribution is 0.288. The highest BCUT2D eigenvalue weighted by molar-refractivity contribution is 8.00. The third-order valence-corrected chi connectivity index (χ3v) is 1.26. The Hall–Kier alpha value is -0.570. The van der Waals surface area contributed by atoms with Crippen LogP contribution in [0.5, 0.6) is 0 Å². The van der Waals surface area contributed by atoms with E-state index in [9.17, 15) is 0 Å². The summed E-state index contributed by atoms with van der Waals surface area (Å²) in [6.45, 7) is 0.672. The van der Waals surface area contributed by atoms with Crippen molar-refractivity contribution in [1.29, 1.82) is 0 Å². The standard InChI is InChI=1S/C5H7NOS/c1-3-7-4-2-6-8-5-1/h1-2,4-6H,3H2/b4-2-,5-1?. The SMILES string of the molecule is C1=CSN/C=C\OC1. The van der Waals surface area contributed by atoms with Crippen molar-refractivity contribution >= 4 is 11.9 Å². The average molecular weight is 129 g/mol. The summed E-state index contributed by atoms with van der Waals surface area (Å²) in [5.74, 6) is 0. The Morgan fingerprint density at radius 2 is 2.62 bits per heavy atom. The van der Waals surface area contributed by atoms with Gasteiger partial charge in [0.15, 0.2) is 0 Å². The number of ether oxygens (including phenoxy) is 1. The average Bonchev–Trinajstić information content (AvgIpc) is 1.62. The van der Waals surface area contributed by atoms with Crippen LogP contribution >= 0.6 is 11.9 Å². The van der Waals surface area contributed by atoms with Gasteiger partial charge in [-0.2, -0.15) is 0 Å². The van der Waals surface area contributed by atoms with Crippen molar-refractivity contribution in [2.75, 3.05) is 6.61 Å². The molecule has 1 aliphatic rings. The van der Waals surface area contributed by atoms with Crippen LogP contribution in [-0.2, 0) is 4.74 Å². The molecule has 0 atom stereocenters. The Balaban J connectivity index is 2.29. The molecule has 3 heteroatoms. The molecule has 1 heterocycles. The van der Waals surface area contributed by atoms with Crippen molar-refractivity contribution in [3.63, 3.8) is 0 Å². The Bertz CT molecular complexity index is 85.0. The summed E-state index contributed by atoms with van der Waals surface area (Å²) < 4.78 is 7.84. The molecule has 0 fully saturated rings. The molecule has 0 aromatic heterocycles. The highest BCUT2D eigenvalue weighted by Crippen LogP contribution is 1.97. The van der Waals surface area contributed by atoms with Gasteiger partial charge in [-0.15, -0.1) is 0 Å². The molecule has 44 valence electrons. The molecule has 0 amide bonds. The summed E-state index contributed by atoms with van der Waals surface area (Å²) >= 11 is 1.53. The zero-order valence-corrected chi connectivity index (χ0v) is 5.15. The van der Waals surface area contributed by atoms with Crippen LogP contribution in [0, 0.1) is 0 Å². The molecule has 0 saturated heterocycles. The lowest BCUT2D eigenvalue weighted by Gasteiger charge is -1.98. The van der Waals surface area contributed by atoms with Gasteiger partial charge in [0.2, 0.25) is 0 Å². The Labute approximate surface area is 52.7 Å². The zero-order chi connectivity index (χ0) is 5.66. The molecule has 0 aromatic carbocycles. The number of hydrogen-bond donors (Lipinski definition) is 1. The molecule has 1 N–H and O–H groups in total. The van der Waals surface area contributed by atoms with Crippen molar-refractivity contribution in [3.8, 4) is 0 Å². The topological polar surface area (TPSA) is 21.3 Å². The predicted molar refractivity (Wildman–Crippen MR) is 35.0 cm³/mol. The maximum Gasteiger partial charge on any atom is 0.106 e. The van der Waals surface area contributed by atoms with Crippen LogP contribution in [0.1, 0.15) is 0 Å². The Morgan fingerprint density at radius 3 is 3.62 bits per heavy atom. The largest absolute Gasteiger partial charge is 0.496 e. The molecular weight excluding hydrogens is 122 g/mol. The molecule has 0 radical (unpaired) electrons. The van der Waals surface area contributed by atoms with Gasteiger partial charge >= 0.3 is 0 Å². The quantitative estimate of drug-likeness (QED) is 0.497. The van der Waals surface area contributed by atoms with Gasteiger partial charge in [-0.3, -0.25) is 0 Å². The minimum atomic E-state index is 0.672. The van der Waals surface area contributed by atoms with Crippen LogP contribution in [0.2, 0.25) is 0 Å². The van der Waals surface area contributed by atoms with Crippen molar-refractivity contribution < 1.29 is 4.74 Å². The molecule has 0 spiro atoms. The Kier molecular flexibility index (Phi) is 2.39. The van der Waals surface area contributed by atoms with E-state index < -0.39 is 0 Å². The van der Waals surface area contributed by atoms with Gasteiger partial charge in [0.25, 0.3) is 0 Å². The molecule has 0 aliphatic carbocycles. The normalized spacial score (nSPS) is 22.0. The Morgan fingerprint density at radius 1 is 1.62 bits per heavy atom. The smallest absolute Gasteiger partial charge is 0.106 e. The third kappa shape index (κ3) is 1.93. The van der Waals surface area contributed by atoms with E-state index in [2.05, 4.69) is 4.72 Å². The van der Waals surface area contributed by atoms with E-state index in [0.29, 0.717) is 6.61 Å². The van der Waals surface area contributed by atoms with Crippen LogP contribution in [0.15, 0.2) is 23.9 Å². The van der Waals surface area contributed by atoms with Crippen molar-refractivity contribution in [1.82, 2.24) is 4.72 Å². The van der Waals surface area contributed by atoms with Crippen molar-refractivity contribution in [3.05, 3.63) is 23.9 Å². The van der Waals surface area contributed by atoms with E-state index in [1.165, 1.54) is 11.9 Å². The van der Waals surface area contributed by atoms with Crippen LogP contribution < -0.4 is 4.72 Å². The fraction of sp³-hybridized carbons (Fsp3) is 0.200.